The number of carbonyl (C=O) groups excluding carboxylic acids is 1. The Hall–Kier alpha value is -1.42. The minimum atomic E-state index is -0.377. The van der Waals surface area contributed by atoms with Crippen LogP contribution in [0.3, 0.4) is 0 Å². The van der Waals surface area contributed by atoms with Crippen molar-refractivity contribution in [1.82, 2.24) is 5.32 Å². The largest absolute Gasteiger partial charge is 0.345 e. The lowest BCUT2D eigenvalue weighted by molar-refractivity contribution is 0.0894. The number of hydrogen-bond donors (Lipinski definition) is 2. The molecule has 0 fully saturated rings. The van der Waals surface area contributed by atoms with Crippen molar-refractivity contribution in [1.29, 1.82) is 0 Å². The highest BCUT2D eigenvalue weighted by Gasteiger charge is 2.27. The van der Waals surface area contributed by atoms with E-state index in [0.717, 1.165) is 12.8 Å². The number of rotatable bonds is 5. The van der Waals surface area contributed by atoms with Crippen LogP contribution in [-0.4, -0.2) is 18.0 Å². The highest BCUT2D eigenvalue weighted by molar-refractivity contribution is 5.96. The fourth-order valence-corrected chi connectivity index (χ4v) is 1.96. The maximum Gasteiger partial charge on any atom is 0.252 e. The van der Waals surface area contributed by atoms with Gasteiger partial charge in [0.1, 0.15) is 5.82 Å². The van der Waals surface area contributed by atoms with Gasteiger partial charge in [0.15, 0.2) is 0 Å². The van der Waals surface area contributed by atoms with Crippen LogP contribution in [0.5, 0.6) is 0 Å². The number of amides is 1. The third kappa shape index (κ3) is 3.07. The van der Waals surface area contributed by atoms with Crippen molar-refractivity contribution in [2.75, 3.05) is 6.54 Å². The molecule has 1 amide bonds. The van der Waals surface area contributed by atoms with E-state index in [4.69, 9.17) is 5.73 Å². The molecule has 1 aromatic rings. The molecule has 0 bridgehead atoms. The molecule has 0 unspecified atom stereocenters. The SMILES string of the molecule is CCC(CC)(CN)NC(=O)c1ccc(F)cc1C. The Morgan fingerprint density at radius 3 is 2.44 bits per heavy atom. The van der Waals surface area contributed by atoms with E-state index in [1.807, 2.05) is 13.8 Å². The van der Waals surface area contributed by atoms with Crippen molar-refractivity contribution < 1.29 is 9.18 Å². The van der Waals surface area contributed by atoms with Crippen LogP contribution in [0.15, 0.2) is 18.2 Å². The monoisotopic (exact) mass is 252 g/mol. The third-order valence-electron chi connectivity index (χ3n) is 3.56. The van der Waals surface area contributed by atoms with Gasteiger partial charge in [-0.3, -0.25) is 4.79 Å². The maximum atomic E-state index is 13.0. The Balaban J connectivity index is 2.94. The lowest BCUT2D eigenvalue weighted by Gasteiger charge is -2.31. The second-order valence-corrected chi connectivity index (χ2v) is 4.60. The number of benzene rings is 1. The lowest BCUT2D eigenvalue weighted by Crippen LogP contribution is -2.53. The molecule has 1 aromatic carbocycles. The molecule has 0 spiro atoms. The Kier molecular flexibility index (Phi) is 4.84. The fourth-order valence-electron chi connectivity index (χ4n) is 1.96. The van der Waals surface area contributed by atoms with E-state index in [9.17, 15) is 9.18 Å². The molecule has 3 N–H and O–H groups in total. The molecule has 1 rings (SSSR count). The summed E-state index contributed by atoms with van der Waals surface area (Å²) >= 11 is 0. The smallest absolute Gasteiger partial charge is 0.252 e. The second kappa shape index (κ2) is 5.96. The molecule has 0 heterocycles. The summed E-state index contributed by atoms with van der Waals surface area (Å²) in [7, 11) is 0. The van der Waals surface area contributed by atoms with E-state index in [-0.39, 0.29) is 17.3 Å². The van der Waals surface area contributed by atoms with E-state index in [1.165, 1.54) is 18.2 Å². The Morgan fingerprint density at radius 1 is 1.39 bits per heavy atom. The number of halogens is 1. The first-order valence-electron chi connectivity index (χ1n) is 6.26. The minimum absolute atomic E-state index is 0.193. The lowest BCUT2D eigenvalue weighted by atomic mass is 9.92. The quantitative estimate of drug-likeness (QED) is 0.845. The van der Waals surface area contributed by atoms with Crippen molar-refractivity contribution in [3.63, 3.8) is 0 Å². The molecule has 0 aliphatic heterocycles. The summed E-state index contributed by atoms with van der Waals surface area (Å²) in [4.78, 5) is 12.2. The van der Waals surface area contributed by atoms with E-state index in [2.05, 4.69) is 5.32 Å². The highest BCUT2D eigenvalue weighted by atomic mass is 19.1. The van der Waals surface area contributed by atoms with Gasteiger partial charge in [-0.05, 0) is 43.5 Å². The summed E-state index contributed by atoms with van der Waals surface area (Å²) in [6.07, 6.45) is 1.54. The number of nitrogens with two attached hydrogens (primary N) is 1. The van der Waals surface area contributed by atoms with Crippen LogP contribution in [0.2, 0.25) is 0 Å². The van der Waals surface area contributed by atoms with Crippen molar-refractivity contribution in [3.8, 4) is 0 Å². The molecule has 3 nitrogen and oxygen atoms in total. The van der Waals surface area contributed by atoms with Gasteiger partial charge in [-0.25, -0.2) is 4.39 Å². The van der Waals surface area contributed by atoms with Gasteiger partial charge >= 0.3 is 0 Å². The summed E-state index contributed by atoms with van der Waals surface area (Å²) in [6, 6.07) is 4.16. The molecule has 18 heavy (non-hydrogen) atoms. The molecule has 0 saturated carbocycles. The predicted molar refractivity (Wildman–Crippen MR) is 71.0 cm³/mol. The first-order valence-corrected chi connectivity index (χ1v) is 6.26. The summed E-state index contributed by atoms with van der Waals surface area (Å²) in [6.45, 7) is 6.11. The van der Waals surface area contributed by atoms with E-state index < -0.39 is 0 Å². The molecular weight excluding hydrogens is 231 g/mol. The third-order valence-corrected chi connectivity index (χ3v) is 3.56. The predicted octanol–water partition coefficient (Wildman–Crippen LogP) is 2.38. The molecule has 100 valence electrons. The van der Waals surface area contributed by atoms with Gasteiger partial charge < -0.3 is 11.1 Å². The summed E-state index contributed by atoms with van der Waals surface area (Å²) in [5, 5.41) is 2.97. The van der Waals surface area contributed by atoms with Gasteiger partial charge in [0, 0.05) is 12.1 Å². The zero-order valence-electron chi connectivity index (χ0n) is 11.2. The normalized spacial score (nSPS) is 11.4. The van der Waals surface area contributed by atoms with Gasteiger partial charge in [0.25, 0.3) is 5.91 Å². The number of aryl methyl sites for hydroxylation is 1. The number of carbonyl (C=O) groups is 1. The van der Waals surface area contributed by atoms with Gasteiger partial charge in [-0.15, -0.1) is 0 Å². The van der Waals surface area contributed by atoms with Gasteiger partial charge in [0.05, 0.1) is 5.54 Å². The van der Waals surface area contributed by atoms with E-state index in [0.29, 0.717) is 17.7 Å². The van der Waals surface area contributed by atoms with Crippen molar-refractivity contribution in [2.45, 2.75) is 39.2 Å². The van der Waals surface area contributed by atoms with Crippen LogP contribution in [-0.2, 0) is 0 Å². The molecule has 0 radical (unpaired) electrons. The second-order valence-electron chi connectivity index (χ2n) is 4.60. The maximum absolute atomic E-state index is 13.0. The molecule has 4 heteroatoms. The van der Waals surface area contributed by atoms with Crippen LogP contribution in [0, 0.1) is 12.7 Å². The van der Waals surface area contributed by atoms with Crippen molar-refractivity contribution in [2.24, 2.45) is 5.73 Å². The van der Waals surface area contributed by atoms with Crippen molar-refractivity contribution in [3.05, 3.63) is 35.1 Å². The van der Waals surface area contributed by atoms with Gasteiger partial charge in [-0.1, -0.05) is 13.8 Å². The van der Waals surface area contributed by atoms with E-state index >= 15 is 0 Å². The average molecular weight is 252 g/mol. The Bertz CT molecular complexity index is 420. The zero-order valence-corrected chi connectivity index (χ0v) is 11.2. The average Bonchev–Trinajstić information content (AvgIpc) is 2.36. The molecular formula is C14H21FN2O. The van der Waals surface area contributed by atoms with Crippen LogP contribution >= 0.6 is 0 Å². The number of hydrogen-bond acceptors (Lipinski definition) is 2. The van der Waals surface area contributed by atoms with E-state index in [1.54, 1.807) is 6.92 Å². The zero-order chi connectivity index (χ0) is 13.8. The molecule has 0 aromatic heterocycles. The molecule has 0 aliphatic carbocycles. The highest BCUT2D eigenvalue weighted by Crippen LogP contribution is 2.16. The Morgan fingerprint density at radius 2 is 2.00 bits per heavy atom. The fraction of sp³-hybridized carbons (Fsp3) is 0.500. The standard InChI is InChI=1S/C14H21FN2O/c1-4-14(5-2,9-16)17-13(18)12-7-6-11(15)8-10(12)3/h6-8H,4-5,9,16H2,1-3H3,(H,17,18). The molecule has 0 saturated heterocycles. The topological polar surface area (TPSA) is 55.1 Å². The summed E-state index contributed by atoms with van der Waals surface area (Å²) in [5.74, 6) is -0.526. The van der Waals surface area contributed by atoms with Gasteiger partial charge in [-0.2, -0.15) is 0 Å². The first-order chi connectivity index (χ1) is 8.48. The van der Waals surface area contributed by atoms with Crippen LogP contribution in [0.4, 0.5) is 4.39 Å². The van der Waals surface area contributed by atoms with Crippen LogP contribution < -0.4 is 11.1 Å². The number of nitrogens with one attached hydrogen (secondary N) is 1. The van der Waals surface area contributed by atoms with Crippen molar-refractivity contribution >= 4 is 5.91 Å². The minimum Gasteiger partial charge on any atom is -0.345 e. The van der Waals surface area contributed by atoms with Crippen LogP contribution in [0.25, 0.3) is 0 Å². The Labute approximate surface area is 108 Å². The van der Waals surface area contributed by atoms with Crippen LogP contribution in [0.1, 0.15) is 42.6 Å². The summed E-state index contributed by atoms with van der Waals surface area (Å²) < 4.78 is 13.0. The summed E-state index contributed by atoms with van der Waals surface area (Å²) in [5.41, 5.74) is 6.49. The first kappa shape index (κ1) is 14.6. The molecule has 0 aliphatic rings. The molecule has 0 atom stereocenters. The van der Waals surface area contributed by atoms with Gasteiger partial charge in [0.2, 0.25) is 0 Å².